The van der Waals surface area contributed by atoms with Crippen molar-refractivity contribution in [3.8, 4) is 0 Å². The number of hydrogen-bond acceptors (Lipinski definition) is 5. The van der Waals surface area contributed by atoms with Gasteiger partial charge in [0.25, 0.3) is 0 Å². The van der Waals surface area contributed by atoms with Gasteiger partial charge < -0.3 is 5.32 Å². The number of sulfonamides is 1. The minimum absolute atomic E-state index is 0.0383. The zero-order chi connectivity index (χ0) is 18.6. The van der Waals surface area contributed by atoms with Gasteiger partial charge in [-0.2, -0.15) is 0 Å². The normalized spacial score (nSPS) is 24.3. The summed E-state index contributed by atoms with van der Waals surface area (Å²) in [6.07, 6.45) is 10.5. The lowest BCUT2D eigenvalue weighted by Crippen LogP contribution is -2.41. The zero-order valence-electron chi connectivity index (χ0n) is 15.4. The molecule has 0 unspecified atom stereocenters. The number of nitrogens with zero attached hydrogens (tertiary/aromatic N) is 1. The molecule has 1 heterocycles. The number of carbonyl (C=O) groups is 1. The van der Waals surface area contributed by atoms with E-state index in [9.17, 15) is 13.2 Å². The predicted molar refractivity (Wildman–Crippen MR) is 105 cm³/mol. The highest BCUT2D eigenvalue weighted by Crippen LogP contribution is 2.28. The molecule has 1 fully saturated rings. The second-order valence-corrected chi connectivity index (χ2v) is 10.5. The van der Waals surface area contributed by atoms with Gasteiger partial charge in [-0.05, 0) is 57.3 Å². The number of thiazole rings is 1. The number of rotatable bonds is 5. The number of nitrogens with one attached hydrogen (secondary N) is 2. The third-order valence-electron chi connectivity index (χ3n) is 5.28. The molecule has 2 N–H and O–H groups in total. The maximum Gasteiger partial charge on any atom is 0.242 e. The van der Waals surface area contributed by atoms with E-state index >= 15 is 0 Å². The van der Waals surface area contributed by atoms with Crippen LogP contribution < -0.4 is 10.0 Å². The average Bonchev–Trinajstić information content (AvgIpc) is 2.89. The van der Waals surface area contributed by atoms with E-state index < -0.39 is 21.7 Å². The zero-order valence-corrected chi connectivity index (χ0v) is 17.1. The van der Waals surface area contributed by atoms with Crippen LogP contribution in [0, 0.1) is 5.92 Å². The molecule has 1 amide bonds. The van der Waals surface area contributed by atoms with Crippen LogP contribution >= 0.6 is 11.3 Å². The van der Waals surface area contributed by atoms with E-state index in [4.69, 9.17) is 0 Å². The van der Waals surface area contributed by atoms with Gasteiger partial charge in [-0.15, -0.1) is 11.3 Å². The van der Waals surface area contributed by atoms with Crippen LogP contribution in [0.2, 0.25) is 0 Å². The molecule has 1 aromatic heterocycles. The van der Waals surface area contributed by atoms with Crippen molar-refractivity contribution in [2.24, 2.45) is 5.92 Å². The fourth-order valence-electron chi connectivity index (χ4n) is 3.76. The molecule has 0 radical (unpaired) electrons. The van der Waals surface area contributed by atoms with Crippen LogP contribution in [0.1, 0.15) is 68.9 Å². The molecule has 1 saturated carbocycles. The minimum atomic E-state index is -3.62. The summed E-state index contributed by atoms with van der Waals surface area (Å²) in [5.41, 5.74) is 1.07. The Hall–Kier alpha value is -0.990. The van der Waals surface area contributed by atoms with Crippen LogP contribution in [0.15, 0.2) is 0 Å². The Morgan fingerprint density at radius 1 is 1.12 bits per heavy atom. The molecule has 0 spiro atoms. The number of fused-ring (bicyclic) bond motifs is 1. The Bertz CT molecular complexity index is 697. The Balaban J connectivity index is 1.54. The van der Waals surface area contributed by atoms with Gasteiger partial charge in [-0.3, -0.25) is 4.79 Å². The van der Waals surface area contributed by atoms with E-state index in [0.29, 0.717) is 11.0 Å². The molecule has 0 atom stereocenters. The molecule has 3 rings (SSSR count). The summed E-state index contributed by atoms with van der Waals surface area (Å²) >= 11 is 1.49. The molecule has 0 saturated heterocycles. The highest BCUT2D eigenvalue weighted by molar-refractivity contribution is 7.90. The molecule has 8 heteroatoms. The molecule has 6 nitrogen and oxygen atoms in total. The number of amides is 1. The molecule has 2 aliphatic rings. The second-order valence-electron chi connectivity index (χ2n) is 7.69. The molecule has 0 bridgehead atoms. The number of carbonyl (C=O) groups excluding carboxylic acids is 1. The first-order valence-corrected chi connectivity index (χ1v) is 12.2. The summed E-state index contributed by atoms with van der Waals surface area (Å²) in [5.74, 6) is -0.393. The van der Waals surface area contributed by atoms with E-state index in [-0.39, 0.29) is 6.04 Å². The summed E-state index contributed by atoms with van der Waals surface area (Å²) < 4.78 is 27.2. The van der Waals surface area contributed by atoms with Crippen molar-refractivity contribution in [2.75, 3.05) is 11.1 Å². The lowest BCUT2D eigenvalue weighted by atomic mass is 9.88. The minimum Gasteiger partial charge on any atom is -0.301 e. The van der Waals surface area contributed by atoms with Gasteiger partial charge in [0.2, 0.25) is 15.9 Å². The first-order chi connectivity index (χ1) is 12.4. The first-order valence-electron chi connectivity index (χ1n) is 9.70. The van der Waals surface area contributed by atoms with E-state index in [1.54, 1.807) is 0 Å². The molecule has 2 aliphatic carbocycles. The molecule has 0 aliphatic heterocycles. The molecule has 0 aromatic carbocycles. The summed E-state index contributed by atoms with van der Waals surface area (Å²) in [7, 11) is -3.62. The fourth-order valence-corrected chi connectivity index (χ4v) is 6.07. The topological polar surface area (TPSA) is 88.2 Å². The van der Waals surface area contributed by atoms with Gasteiger partial charge in [0, 0.05) is 10.9 Å². The van der Waals surface area contributed by atoms with E-state index in [2.05, 4.69) is 21.9 Å². The summed E-state index contributed by atoms with van der Waals surface area (Å²) in [6, 6.07) is -0.0383. The Morgan fingerprint density at radius 2 is 1.81 bits per heavy atom. The van der Waals surface area contributed by atoms with E-state index in [1.807, 2.05) is 0 Å². The van der Waals surface area contributed by atoms with Gasteiger partial charge in [0.1, 0.15) is 5.75 Å². The number of aryl methyl sites for hydroxylation is 2. The number of hydrogen-bond donors (Lipinski definition) is 2. The van der Waals surface area contributed by atoms with Crippen molar-refractivity contribution >= 4 is 32.4 Å². The lowest BCUT2D eigenvalue weighted by molar-refractivity contribution is -0.113. The molecule has 1 aromatic rings. The van der Waals surface area contributed by atoms with Crippen molar-refractivity contribution in [3.05, 3.63) is 10.6 Å². The molecular formula is C18H29N3O3S2. The third-order valence-corrected chi connectivity index (χ3v) is 7.68. The first kappa shape index (κ1) is 19.8. The maximum absolute atomic E-state index is 12.3. The smallest absolute Gasteiger partial charge is 0.242 e. The molecular weight excluding hydrogens is 370 g/mol. The molecule has 146 valence electrons. The fraction of sp³-hybridized carbons (Fsp3) is 0.778. The van der Waals surface area contributed by atoms with Crippen LogP contribution in [0.5, 0.6) is 0 Å². The van der Waals surface area contributed by atoms with Crippen molar-refractivity contribution in [3.63, 3.8) is 0 Å². The van der Waals surface area contributed by atoms with Crippen LogP contribution in [0.3, 0.4) is 0 Å². The van der Waals surface area contributed by atoms with Crippen LogP contribution in [0.25, 0.3) is 0 Å². The Morgan fingerprint density at radius 3 is 2.54 bits per heavy atom. The SMILES string of the molecule is CC1CCC(NS(=O)(=O)CC(=O)Nc2nc3c(s2)CCCCCC3)CC1. The Labute approximate surface area is 160 Å². The summed E-state index contributed by atoms with van der Waals surface area (Å²) in [4.78, 5) is 18.0. The van der Waals surface area contributed by atoms with Gasteiger partial charge in [-0.25, -0.2) is 18.1 Å². The number of aromatic nitrogens is 1. The van der Waals surface area contributed by atoms with Crippen molar-refractivity contribution in [1.82, 2.24) is 9.71 Å². The van der Waals surface area contributed by atoms with Crippen molar-refractivity contribution in [2.45, 2.75) is 77.2 Å². The number of anilines is 1. The van der Waals surface area contributed by atoms with Crippen LogP contribution in [0.4, 0.5) is 5.13 Å². The van der Waals surface area contributed by atoms with E-state index in [1.165, 1.54) is 29.1 Å². The van der Waals surface area contributed by atoms with Gasteiger partial charge in [-0.1, -0.05) is 19.8 Å². The van der Waals surface area contributed by atoms with Crippen LogP contribution in [-0.4, -0.2) is 31.1 Å². The predicted octanol–water partition coefficient (Wildman–Crippen LogP) is 3.24. The monoisotopic (exact) mass is 399 g/mol. The van der Waals surface area contributed by atoms with Gasteiger partial charge in [0.05, 0.1) is 5.69 Å². The highest BCUT2D eigenvalue weighted by Gasteiger charge is 2.25. The quantitative estimate of drug-likeness (QED) is 0.795. The van der Waals surface area contributed by atoms with Crippen molar-refractivity contribution < 1.29 is 13.2 Å². The average molecular weight is 400 g/mol. The van der Waals surface area contributed by atoms with Gasteiger partial charge in [0.15, 0.2) is 5.13 Å². The van der Waals surface area contributed by atoms with Crippen LogP contribution in [-0.2, 0) is 27.7 Å². The van der Waals surface area contributed by atoms with Crippen molar-refractivity contribution in [1.29, 1.82) is 0 Å². The highest BCUT2D eigenvalue weighted by atomic mass is 32.2. The summed E-state index contributed by atoms with van der Waals surface area (Å²) in [5, 5.41) is 3.22. The maximum atomic E-state index is 12.3. The standard InChI is InChI=1S/C18H29N3O3S2/c1-13-8-10-14(11-9-13)21-26(23,24)12-17(22)20-18-19-15-6-4-2-3-5-7-16(15)25-18/h13-14,21H,2-12H2,1H3,(H,19,20,22). The third kappa shape index (κ3) is 5.76. The van der Waals surface area contributed by atoms with Gasteiger partial charge >= 0.3 is 0 Å². The Kier molecular flexibility index (Phi) is 6.69. The second kappa shape index (κ2) is 8.80. The summed E-state index contributed by atoms with van der Waals surface area (Å²) in [6.45, 7) is 2.19. The lowest BCUT2D eigenvalue weighted by Gasteiger charge is -2.26. The van der Waals surface area contributed by atoms with E-state index in [0.717, 1.165) is 57.1 Å². The molecule has 26 heavy (non-hydrogen) atoms. The largest absolute Gasteiger partial charge is 0.301 e.